The zero-order chi connectivity index (χ0) is 15.2. The first kappa shape index (κ1) is 15.3. The summed E-state index contributed by atoms with van der Waals surface area (Å²) < 4.78 is 0. The second-order valence-electron chi connectivity index (χ2n) is 4.57. The lowest BCUT2D eigenvalue weighted by Crippen LogP contribution is -2.12. The highest BCUT2D eigenvalue weighted by Gasteiger charge is 2.12. The molecule has 1 aromatic carbocycles. The standard InChI is InChI=1S/C17H17NO2S/c1-3-14-11-13(5-4-9-19)6-7-15(14)18-17(20)16-12(2)8-10-21-16/h6-8,10-11,19H,3,9H2,1-2H3,(H,18,20). The van der Waals surface area contributed by atoms with Gasteiger partial charge in [0.1, 0.15) is 6.61 Å². The molecule has 2 rings (SSSR count). The lowest BCUT2D eigenvalue weighted by atomic mass is 10.1. The Hall–Kier alpha value is -2.09. The van der Waals surface area contributed by atoms with E-state index in [0.717, 1.165) is 33.7 Å². The van der Waals surface area contributed by atoms with Crippen LogP contribution in [0.1, 0.15) is 33.3 Å². The number of aryl methyl sites for hydroxylation is 2. The molecule has 0 spiro atoms. The summed E-state index contributed by atoms with van der Waals surface area (Å²) in [5.74, 6) is 5.42. The molecular weight excluding hydrogens is 282 g/mol. The first-order valence-corrected chi connectivity index (χ1v) is 7.61. The molecule has 1 heterocycles. The van der Waals surface area contributed by atoms with E-state index in [9.17, 15) is 4.79 Å². The minimum atomic E-state index is -0.155. The second kappa shape index (κ2) is 7.07. The molecule has 2 aromatic rings. The molecule has 2 N–H and O–H groups in total. The second-order valence-corrected chi connectivity index (χ2v) is 5.49. The highest BCUT2D eigenvalue weighted by molar-refractivity contribution is 7.12. The quantitative estimate of drug-likeness (QED) is 0.855. The summed E-state index contributed by atoms with van der Waals surface area (Å²) in [7, 11) is 0. The van der Waals surface area contributed by atoms with E-state index in [0.29, 0.717) is 0 Å². The van der Waals surface area contributed by atoms with E-state index in [1.54, 1.807) is 0 Å². The number of amides is 1. The highest BCUT2D eigenvalue weighted by Crippen LogP contribution is 2.21. The van der Waals surface area contributed by atoms with Crippen LogP contribution in [0.5, 0.6) is 0 Å². The smallest absolute Gasteiger partial charge is 0.266 e. The van der Waals surface area contributed by atoms with Gasteiger partial charge in [-0.05, 0) is 54.1 Å². The maximum atomic E-state index is 12.3. The number of hydrogen-bond donors (Lipinski definition) is 2. The van der Waals surface area contributed by atoms with Crippen molar-refractivity contribution in [3.05, 3.63) is 51.2 Å². The molecule has 108 valence electrons. The molecule has 0 aliphatic carbocycles. The van der Waals surface area contributed by atoms with Crippen LogP contribution in [0, 0.1) is 18.8 Å². The first-order valence-electron chi connectivity index (χ1n) is 6.73. The van der Waals surface area contributed by atoms with Crippen LogP contribution in [0.4, 0.5) is 5.69 Å². The summed E-state index contributed by atoms with van der Waals surface area (Å²) in [5.41, 5.74) is 3.67. The van der Waals surface area contributed by atoms with Crippen LogP contribution in [0.15, 0.2) is 29.6 Å². The Labute approximate surface area is 128 Å². The van der Waals surface area contributed by atoms with E-state index in [1.165, 1.54) is 11.3 Å². The molecular formula is C17H17NO2S. The van der Waals surface area contributed by atoms with Crippen LogP contribution in [-0.2, 0) is 6.42 Å². The number of hydrogen-bond acceptors (Lipinski definition) is 3. The van der Waals surface area contributed by atoms with E-state index in [4.69, 9.17) is 5.11 Å². The number of nitrogens with one attached hydrogen (secondary N) is 1. The minimum Gasteiger partial charge on any atom is -0.384 e. The maximum Gasteiger partial charge on any atom is 0.266 e. The zero-order valence-corrected chi connectivity index (χ0v) is 12.9. The molecule has 0 atom stereocenters. The molecule has 3 nitrogen and oxygen atoms in total. The van der Waals surface area contributed by atoms with Gasteiger partial charge in [0.2, 0.25) is 0 Å². The first-order chi connectivity index (χ1) is 10.2. The van der Waals surface area contributed by atoms with Gasteiger partial charge in [-0.3, -0.25) is 4.79 Å². The van der Waals surface area contributed by atoms with Gasteiger partial charge in [-0.25, -0.2) is 0 Å². The molecule has 0 fully saturated rings. The van der Waals surface area contributed by atoms with Gasteiger partial charge in [-0.2, -0.15) is 0 Å². The normalized spacial score (nSPS) is 9.86. The van der Waals surface area contributed by atoms with Gasteiger partial charge in [-0.1, -0.05) is 18.8 Å². The van der Waals surface area contributed by atoms with Crippen LogP contribution >= 0.6 is 11.3 Å². The van der Waals surface area contributed by atoms with Gasteiger partial charge < -0.3 is 10.4 Å². The molecule has 0 saturated carbocycles. The Balaban J connectivity index is 2.24. The van der Waals surface area contributed by atoms with Crippen molar-refractivity contribution in [1.29, 1.82) is 0 Å². The van der Waals surface area contributed by atoms with Gasteiger partial charge in [0.15, 0.2) is 0 Å². The number of carbonyl (C=O) groups excluding carboxylic acids is 1. The molecule has 0 unspecified atom stereocenters. The third-order valence-corrected chi connectivity index (χ3v) is 4.13. The Bertz CT molecular complexity index is 707. The Morgan fingerprint density at radius 3 is 2.81 bits per heavy atom. The van der Waals surface area contributed by atoms with Crippen molar-refractivity contribution in [2.24, 2.45) is 0 Å². The van der Waals surface area contributed by atoms with E-state index >= 15 is 0 Å². The number of rotatable bonds is 3. The summed E-state index contributed by atoms with van der Waals surface area (Å²) in [4.78, 5) is 13.0. The number of carbonyl (C=O) groups is 1. The monoisotopic (exact) mass is 299 g/mol. The van der Waals surface area contributed by atoms with Crippen LogP contribution in [0.25, 0.3) is 0 Å². The minimum absolute atomic E-state index is 0.0774. The summed E-state index contributed by atoms with van der Waals surface area (Å²) in [6, 6.07) is 7.59. The van der Waals surface area contributed by atoms with Crippen molar-refractivity contribution in [3.8, 4) is 11.8 Å². The summed E-state index contributed by atoms with van der Waals surface area (Å²) >= 11 is 1.44. The Morgan fingerprint density at radius 2 is 2.19 bits per heavy atom. The molecule has 0 aliphatic heterocycles. The van der Waals surface area contributed by atoms with Crippen LogP contribution < -0.4 is 5.32 Å². The number of thiophene rings is 1. The van der Waals surface area contributed by atoms with Gasteiger partial charge in [-0.15, -0.1) is 11.3 Å². The Morgan fingerprint density at radius 1 is 1.38 bits per heavy atom. The SMILES string of the molecule is CCc1cc(C#CCO)ccc1NC(=O)c1sccc1C. The summed E-state index contributed by atoms with van der Waals surface area (Å²) in [6.07, 6.45) is 0.799. The van der Waals surface area contributed by atoms with Gasteiger partial charge in [0, 0.05) is 11.3 Å². The van der Waals surface area contributed by atoms with Gasteiger partial charge >= 0.3 is 0 Å². The van der Waals surface area contributed by atoms with Crippen LogP contribution in [0.2, 0.25) is 0 Å². The molecule has 0 aliphatic rings. The maximum absolute atomic E-state index is 12.3. The zero-order valence-electron chi connectivity index (χ0n) is 12.1. The predicted octanol–water partition coefficient (Wildman–Crippen LogP) is 3.22. The number of aliphatic hydroxyl groups excluding tert-OH is 1. The van der Waals surface area contributed by atoms with Gasteiger partial charge in [0.25, 0.3) is 5.91 Å². The van der Waals surface area contributed by atoms with Crippen molar-refractivity contribution in [2.75, 3.05) is 11.9 Å². The van der Waals surface area contributed by atoms with Gasteiger partial charge in [0.05, 0.1) is 4.88 Å². The average Bonchev–Trinajstić information content (AvgIpc) is 2.92. The number of anilines is 1. The number of aliphatic hydroxyl groups is 1. The van der Waals surface area contributed by atoms with E-state index in [1.807, 2.05) is 43.5 Å². The Kier molecular flexibility index (Phi) is 5.15. The van der Waals surface area contributed by atoms with Crippen molar-refractivity contribution in [1.82, 2.24) is 0 Å². The van der Waals surface area contributed by atoms with Crippen molar-refractivity contribution >= 4 is 22.9 Å². The van der Waals surface area contributed by atoms with E-state index in [2.05, 4.69) is 17.2 Å². The average molecular weight is 299 g/mol. The predicted molar refractivity (Wildman–Crippen MR) is 86.8 cm³/mol. The third-order valence-electron chi connectivity index (χ3n) is 3.11. The molecule has 0 bridgehead atoms. The molecule has 0 radical (unpaired) electrons. The van der Waals surface area contributed by atoms with Crippen molar-refractivity contribution in [2.45, 2.75) is 20.3 Å². The van der Waals surface area contributed by atoms with Crippen molar-refractivity contribution in [3.63, 3.8) is 0 Å². The fraction of sp³-hybridized carbons (Fsp3) is 0.235. The topological polar surface area (TPSA) is 49.3 Å². The van der Waals surface area contributed by atoms with Crippen LogP contribution in [0.3, 0.4) is 0 Å². The largest absolute Gasteiger partial charge is 0.384 e. The molecule has 4 heteroatoms. The molecule has 1 amide bonds. The van der Waals surface area contributed by atoms with E-state index < -0.39 is 0 Å². The fourth-order valence-electron chi connectivity index (χ4n) is 2.01. The molecule has 0 saturated heterocycles. The molecule has 1 aromatic heterocycles. The summed E-state index contributed by atoms with van der Waals surface area (Å²) in [6.45, 7) is 3.81. The lowest BCUT2D eigenvalue weighted by molar-refractivity contribution is 0.103. The number of benzene rings is 1. The molecule has 21 heavy (non-hydrogen) atoms. The highest BCUT2D eigenvalue weighted by atomic mass is 32.1. The fourth-order valence-corrected chi connectivity index (χ4v) is 2.83. The van der Waals surface area contributed by atoms with Crippen molar-refractivity contribution < 1.29 is 9.90 Å². The third kappa shape index (κ3) is 3.72. The summed E-state index contributed by atoms with van der Waals surface area (Å²) in [5, 5.41) is 13.6. The van der Waals surface area contributed by atoms with Crippen LogP contribution in [-0.4, -0.2) is 17.6 Å². The lowest BCUT2D eigenvalue weighted by Gasteiger charge is -2.10. The van der Waals surface area contributed by atoms with E-state index in [-0.39, 0.29) is 12.5 Å².